The zero-order chi connectivity index (χ0) is 18.0. The Balaban J connectivity index is 2.49. The van der Waals surface area contributed by atoms with Gasteiger partial charge in [0.1, 0.15) is 5.56 Å². The molecule has 0 bridgehead atoms. The van der Waals surface area contributed by atoms with Crippen LogP contribution in [0.5, 0.6) is 11.5 Å². The summed E-state index contributed by atoms with van der Waals surface area (Å²) in [7, 11) is 0.899. The molecule has 4 nitrogen and oxygen atoms in total. The second-order valence-corrected chi connectivity index (χ2v) is 5.22. The zero-order valence-electron chi connectivity index (χ0n) is 11.8. The van der Waals surface area contributed by atoms with E-state index in [4.69, 9.17) is 27.9 Å². The first-order chi connectivity index (χ1) is 11.3. The van der Waals surface area contributed by atoms with Gasteiger partial charge in [0.05, 0.1) is 17.7 Å². The lowest BCUT2D eigenvalue weighted by atomic mass is 10.1. The fourth-order valence-electron chi connectivity index (χ4n) is 1.83. The fraction of sp³-hybridized carbons (Fsp3) is 0.0667. The highest BCUT2D eigenvalue weighted by atomic mass is 35.5. The van der Waals surface area contributed by atoms with Gasteiger partial charge in [0.25, 0.3) is 0 Å². The van der Waals surface area contributed by atoms with Crippen LogP contribution in [0.3, 0.4) is 0 Å². The van der Waals surface area contributed by atoms with Gasteiger partial charge in [-0.15, -0.1) is 0 Å². The van der Waals surface area contributed by atoms with E-state index in [0.29, 0.717) is 12.4 Å². The van der Waals surface area contributed by atoms with Crippen LogP contribution in [0.1, 0.15) is 20.7 Å². The maximum absolute atomic E-state index is 14.1. The Labute approximate surface area is 143 Å². The topological polar surface area (TPSA) is 52.6 Å². The molecule has 0 saturated heterocycles. The van der Waals surface area contributed by atoms with E-state index in [-0.39, 0.29) is 15.6 Å². The Bertz CT molecular complexity index is 840. The van der Waals surface area contributed by atoms with Crippen LogP contribution < -0.4 is 9.47 Å². The first-order valence-electron chi connectivity index (χ1n) is 6.18. The van der Waals surface area contributed by atoms with E-state index in [2.05, 4.69) is 4.74 Å². The number of halogens is 5. The number of rotatable bonds is 4. The number of methoxy groups -OCH3 is 1. The molecule has 0 heterocycles. The molecule has 0 amide bonds. The van der Waals surface area contributed by atoms with Gasteiger partial charge >= 0.3 is 5.97 Å². The summed E-state index contributed by atoms with van der Waals surface area (Å²) in [6.07, 6.45) is 0.308. The molecule has 0 aliphatic heterocycles. The lowest BCUT2D eigenvalue weighted by Crippen LogP contribution is -2.14. The van der Waals surface area contributed by atoms with Crippen molar-refractivity contribution in [1.29, 1.82) is 0 Å². The predicted octanol–water partition coefficient (Wildman–Crippen LogP) is 4.45. The quantitative estimate of drug-likeness (QED) is 0.341. The monoisotopic (exact) mass is 378 g/mol. The Morgan fingerprint density at radius 1 is 1.08 bits per heavy atom. The first-order valence-corrected chi connectivity index (χ1v) is 6.93. The first kappa shape index (κ1) is 18.1. The van der Waals surface area contributed by atoms with Gasteiger partial charge in [0, 0.05) is 5.02 Å². The van der Waals surface area contributed by atoms with E-state index in [1.165, 1.54) is 6.07 Å². The van der Waals surface area contributed by atoms with Gasteiger partial charge in [0.15, 0.2) is 29.4 Å². The van der Waals surface area contributed by atoms with Gasteiger partial charge in [-0.05, 0) is 18.2 Å². The number of carbonyl (C=O) groups is 2. The Morgan fingerprint density at radius 2 is 1.75 bits per heavy atom. The van der Waals surface area contributed by atoms with E-state index in [1.807, 2.05) is 0 Å². The number of hydrogen-bond acceptors (Lipinski definition) is 4. The Morgan fingerprint density at radius 3 is 2.33 bits per heavy atom. The van der Waals surface area contributed by atoms with Gasteiger partial charge in [-0.3, -0.25) is 4.79 Å². The third kappa shape index (κ3) is 3.32. The predicted molar refractivity (Wildman–Crippen MR) is 79.7 cm³/mol. The number of carbonyl (C=O) groups excluding carboxylic acids is 2. The number of aldehydes is 1. The Kier molecular flexibility index (Phi) is 5.36. The highest BCUT2D eigenvalue weighted by Gasteiger charge is 2.26. The highest BCUT2D eigenvalue weighted by Crippen LogP contribution is 2.33. The van der Waals surface area contributed by atoms with E-state index in [0.717, 1.165) is 13.2 Å². The zero-order valence-corrected chi connectivity index (χ0v) is 13.3. The van der Waals surface area contributed by atoms with E-state index in [1.54, 1.807) is 0 Å². The molecule has 9 heteroatoms. The molecule has 2 rings (SSSR count). The molecule has 0 atom stereocenters. The average Bonchev–Trinajstić information content (AvgIpc) is 2.53. The molecule has 2 aromatic rings. The summed E-state index contributed by atoms with van der Waals surface area (Å²) < 4.78 is 50.1. The molecule has 0 unspecified atom stereocenters. The van der Waals surface area contributed by atoms with Gasteiger partial charge < -0.3 is 9.47 Å². The van der Waals surface area contributed by atoms with Crippen LogP contribution in [0.15, 0.2) is 18.2 Å². The second-order valence-electron chi connectivity index (χ2n) is 4.38. The Hall–Kier alpha value is -2.25. The number of ether oxygens (including phenoxy) is 2. The minimum atomic E-state index is -1.59. The van der Waals surface area contributed by atoms with E-state index >= 15 is 0 Å². The van der Waals surface area contributed by atoms with Gasteiger partial charge in [-0.2, -0.15) is 4.39 Å². The molecular formula is C15H7Cl2F3O4. The SMILES string of the molecule is COc1c(F)c(F)cc(C(=O)Oc2c(Cl)cc(Cl)cc2C=O)c1F. The molecule has 0 aliphatic carbocycles. The molecule has 0 radical (unpaired) electrons. The van der Waals surface area contributed by atoms with Crippen LogP contribution in [-0.4, -0.2) is 19.4 Å². The van der Waals surface area contributed by atoms with Crippen molar-refractivity contribution in [1.82, 2.24) is 0 Å². The summed E-state index contributed by atoms with van der Waals surface area (Å²) in [4.78, 5) is 23.1. The summed E-state index contributed by atoms with van der Waals surface area (Å²) >= 11 is 11.5. The molecule has 0 aliphatic rings. The molecule has 0 spiro atoms. The molecule has 0 saturated carbocycles. The lowest BCUT2D eigenvalue weighted by molar-refractivity contribution is 0.0727. The molecule has 0 N–H and O–H groups in total. The summed E-state index contributed by atoms with van der Waals surface area (Å²) in [6.45, 7) is 0. The van der Waals surface area contributed by atoms with Crippen molar-refractivity contribution < 1.29 is 32.2 Å². The largest absolute Gasteiger partial charge is 0.491 e. The van der Waals surface area contributed by atoms with Crippen LogP contribution in [0.2, 0.25) is 10.0 Å². The fourth-order valence-corrected chi connectivity index (χ4v) is 2.38. The lowest BCUT2D eigenvalue weighted by Gasteiger charge is -2.11. The number of hydrogen-bond donors (Lipinski definition) is 0. The van der Waals surface area contributed by atoms with Crippen LogP contribution >= 0.6 is 23.2 Å². The average molecular weight is 379 g/mol. The molecule has 24 heavy (non-hydrogen) atoms. The van der Waals surface area contributed by atoms with Gasteiger partial charge in [-0.25, -0.2) is 13.6 Å². The van der Waals surface area contributed by atoms with Gasteiger partial charge in [-0.1, -0.05) is 23.2 Å². The summed E-state index contributed by atoms with van der Waals surface area (Å²) in [5.41, 5.74) is -1.12. The highest BCUT2D eigenvalue weighted by molar-refractivity contribution is 6.36. The molecule has 126 valence electrons. The second kappa shape index (κ2) is 7.11. The molecule has 0 fully saturated rings. The molecule has 2 aromatic carbocycles. The molecular weight excluding hydrogens is 372 g/mol. The minimum absolute atomic E-state index is 0.0996. The standard InChI is InChI=1S/C15H7Cl2F3O4/c1-23-14-11(19)8(4-10(18)12(14)20)15(22)24-13-6(5-21)2-7(16)3-9(13)17/h2-5H,1H3. The smallest absolute Gasteiger partial charge is 0.346 e. The maximum atomic E-state index is 14.1. The number of benzene rings is 2. The van der Waals surface area contributed by atoms with Crippen molar-refractivity contribution in [3.63, 3.8) is 0 Å². The van der Waals surface area contributed by atoms with Crippen molar-refractivity contribution in [2.24, 2.45) is 0 Å². The summed E-state index contributed by atoms with van der Waals surface area (Å²) in [5, 5.41) is -0.101. The van der Waals surface area contributed by atoms with Crippen molar-refractivity contribution in [3.8, 4) is 11.5 Å². The normalized spacial score (nSPS) is 10.4. The van der Waals surface area contributed by atoms with Crippen molar-refractivity contribution in [3.05, 3.63) is 56.8 Å². The van der Waals surface area contributed by atoms with Crippen LogP contribution in [-0.2, 0) is 0 Å². The van der Waals surface area contributed by atoms with Crippen LogP contribution in [0.25, 0.3) is 0 Å². The van der Waals surface area contributed by atoms with Crippen molar-refractivity contribution in [2.75, 3.05) is 7.11 Å². The summed E-state index contributed by atoms with van der Waals surface area (Å²) in [6, 6.07) is 2.64. The van der Waals surface area contributed by atoms with Crippen molar-refractivity contribution in [2.45, 2.75) is 0 Å². The molecule has 0 aromatic heterocycles. The van der Waals surface area contributed by atoms with Crippen LogP contribution in [0.4, 0.5) is 13.2 Å². The number of esters is 1. The third-order valence-corrected chi connectivity index (χ3v) is 3.40. The van der Waals surface area contributed by atoms with E-state index < -0.39 is 40.5 Å². The van der Waals surface area contributed by atoms with Gasteiger partial charge in [0.2, 0.25) is 5.82 Å². The minimum Gasteiger partial charge on any atom is -0.491 e. The van der Waals surface area contributed by atoms with Crippen LogP contribution in [0, 0.1) is 17.5 Å². The van der Waals surface area contributed by atoms with E-state index in [9.17, 15) is 22.8 Å². The van der Waals surface area contributed by atoms with Crippen molar-refractivity contribution >= 4 is 35.5 Å². The third-order valence-electron chi connectivity index (χ3n) is 2.90. The summed E-state index contributed by atoms with van der Waals surface area (Å²) in [5.74, 6) is -7.46. The maximum Gasteiger partial charge on any atom is 0.346 e.